The lowest BCUT2D eigenvalue weighted by atomic mass is 10.1. The van der Waals surface area contributed by atoms with Gasteiger partial charge < -0.3 is 10.0 Å². The van der Waals surface area contributed by atoms with Crippen molar-refractivity contribution in [2.24, 2.45) is 0 Å². The summed E-state index contributed by atoms with van der Waals surface area (Å²) in [6, 6.07) is 13.3. The molecule has 7 heteroatoms. The van der Waals surface area contributed by atoms with Crippen molar-refractivity contribution in [3.63, 3.8) is 0 Å². The lowest BCUT2D eigenvalue weighted by Gasteiger charge is -2.26. The minimum absolute atomic E-state index is 0.00647. The summed E-state index contributed by atoms with van der Waals surface area (Å²) in [7, 11) is -4.57. The van der Waals surface area contributed by atoms with Gasteiger partial charge in [-0.2, -0.15) is 8.78 Å². The standard InChI is InChI=1S/C17H17F2NO3S/c18-17(19)24(22,23)15-7-5-12(6-8-15)10-20-14(11-21)9-13-3-1-2-4-16(13)20/h1-8,14,17,21H,9-11H2/t14-/m0/s1. The van der Waals surface area contributed by atoms with Crippen molar-refractivity contribution in [3.8, 4) is 0 Å². The minimum Gasteiger partial charge on any atom is -0.394 e. The summed E-state index contributed by atoms with van der Waals surface area (Å²) >= 11 is 0. The van der Waals surface area contributed by atoms with Crippen molar-refractivity contribution in [3.05, 3.63) is 59.7 Å². The molecular formula is C17H17F2NO3S. The van der Waals surface area contributed by atoms with E-state index in [1.54, 1.807) is 0 Å². The fraction of sp³-hybridized carbons (Fsp3) is 0.294. The second kappa shape index (κ2) is 6.49. The third-order valence-corrected chi connectivity index (χ3v) is 5.65. The van der Waals surface area contributed by atoms with Crippen molar-refractivity contribution >= 4 is 15.5 Å². The number of rotatable bonds is 5. The van der Waals surface area contributed by atoms with Gasteiger partial charge in [0.05, 0.1) is 17.5 Å². The van der Waals surface area contributed by atoms with Crippen LogP contribution >= 0.6 is 0 Å². The summed E-state index contributed by atoms with van der Waals surface area (Å²) in [5, 5.41) is 9.59. The molecule has 4 nitrogen and oxygen atoms in total. The number of sulfone groups is 1. The van der Waals surface area contributed by atoms with E-state index < -0.39 is 15.6 Å². The van der Waals surface area contributed by atoms with Gasteiger partial charge in [-0.05, 0) is 35.7 Å². The van der Waals surface area contributed by atoms with E-state index in [1.165, 1.54) is 24.3 Å². The number of alkyl halides is 2. The third-order valence-electron chi connectivity index (χ3n) is 4.25. The van der Waals surface area contributed by atoms with Crippen LogP contribution in [0.5, 0.6) is 0 Å². The van der Waals surface area contributed by atoms with E-state index in [0.29, 0.717) is 6.54 Å². The van der Waals surface area contributed by atoms with E-state index in [-0.39, 0.29) is 17.5 Å². The second-order valence-corrected chi connectivity index (χ2v) is 7.66. The first kappa shape index (κ1) is 16.9. The first-order valence-electron chi connectivity index (χ1n) is 7.50. The van der Waals surface area contributed by atoms with Crippen LogP contribution in [0.1, 0.15) is 11.1 Å². The molecule has 1 N–H and O–H groups in total. The maximum absolute atomic E-state index is 12.6. The summed E-state index contributed by atoms with van der Waals surface area (Å²) in [5.41, 5.74) is 2.97. The molecule has 128 valence electrons. The van der Waals surface area contributed by atoms with Gasteiger partial charge in [-0.15, -0.1) is 0 Å². The van der Waals surface area contributed by atoms with Crippen LogP contribution in [0.25, 0.3) is 0 Å². The van der Waals surface area contributed by atoms with Crippen LogP contribution in [0.4, 0.5) is 14.5 Å². The predicted octanol–water partition coefficient (Wildman–Crippen LogP) is 2.61. The van der Waals surface area contributed by atoms with E-state index in [0.717, 1.165) is 23.2 Å². The molecule has 0 saturated carbocycles. The Morgan fingerprint density at radius 1 is 1.12 bits per heavy atom. The van der Waals surface area contributed by atoms with Crippen LogP contribution in [-0.4, -0.2) is 31.9 Å². The number of hydrogen-bond acceptors (Lipinski definition) is 4. The number of nitrogens with zero attached hydrogens (tertiary/aromatic N) is 1. The Hall–Kier alpha value is -1.99. The average Bonchev–Trinajstić information content (AvgIpc) is 2.93. The van der Waals surface area contributed by atoms with E-state index in [2.05, 4.69) is 0 Å². The molecule has 1 aliphatic rings. The molecule has 3 rings (SSSR count). The Balaban J connectivity index is 1.84. The lowest BCUT2D eigenvalue weighted by molar-refractivity contribution is 0.234. The van der Waals surface area contributed by atoms with Crippen molar-refractivity contribution in [1.29, 1.82) is 0 Å². The third kappa shape index (κ3) is 3.01. The number of halogens is 2. The van der Waals surface area contributed by atoms with Crippen LogP contribution in [0.2, 0.25) is 0 Å². The van der Waals surface area contributed by atoms with Crippen LogP contribution in [0, 0.1) is 0 Å². The zero-order chi connectivity index (χ0) is 17.3. The molecule has 0 unspecified atom stereocenters. The molecule has 1 atom stereocenters. The molecular weight excluding hydrogens is 336 g/mol. The summed E-state index contributed by atoms with van der Waals surface area (Å²) in [4.78, 5) is 1.66. The van der Waals surface area contributed by atoms with E-state index in [9.17, 15) is 22.3 Å². The Bertz CT molecular complexity index is 822. The Kier molecular flexibility index (Phi) is 4.56. The van der Waals surface area contributed by atoms with Crippen LogP contribution in [0.15, 0.2) is 53.4 Å². The van der Waals surface area contributed by atoms with Crippen molar-refractivity contribution in [2.75, 3.05) is 11.5 Å². The molecule has 0 bridgehead atoms. The highest BCUT2D eigenvalue weighted by Crippen LogP contribution is 2.33. The molecule has 0 saturated heterocycles. The smallest absolute Gasteiger partial charge is 0.341 e. The Morgan fingerprint density at radius 3 is 2.42 bits per heavy atom. The zero-order valence-corrected chi connectivity index (χ0v) is 13.6. The number of aliphatic hydroxyl groups excluding tert-OH is 1. The Labute approximate surface area is 139 Å². The van der Waals surface area contributed by atoms with Gasteiger partial charge >= 0.3 is 5.76 Å². The second-order valence-electron chi connectivity index (χ2n) is 5.75. The number of para-hydroxylation sites is 1. The quantitative estimate of drug-likeness (QED) is 0.898. The maximum atomic E-state index is 12.6. The van der Waals surface area contributed by atoms with E-state index in [4.69, 9.17) is 0 Å². The fourth-order valence-electron chi connectivity index (χ4n) is 2.99. The number of fused-ring (bicyclic) bond motifs is 1. The van der Waals surface area contributed by atoms with Gasteiger partial charge in [0.15, 0.2) is 0 Å². The van der Waals surface area contributed by atoms with Crippen LogP contribution in [0.3, 0.4) is 0 Å². The average molecular weight is 353 g/mol. The molecule has 1 aliphatic heterocycles. The topological polar surface area (TPSA) is 57.6 Å². The minimum atomic E-state index is -4.57. The molecule has 0 amide bonds. The van der Waals surface area contributed by atoms with Gasteiger partial charge in [0.2, 0.25) is 9.84 Å². The predicted molar refractivity (Wildman–Crippen MR) is 86.8 cm³/mol. The SMILES string of the molecule is O=S(=O)(c1ccc(CN2c3ccccc3C[C@H]2CO)cc1)C(F)F. The number of aliphatic hydroxyl groups is 1. The van der Waals surface area contributed by atoms with Crippen LogP contribution in [-0.2, 0) is 22.8 Å². The highest BCUT2D eigenvalue weighted by Gasteiger charge is 2.29. The molecule has 1 heterocycles. The normalized spacial score (nSPS) is 17.3. The van der Waals surface area contributed by atoms with Crippen molar-refractivity contribution in [1.82, 2.24) is 0 Å². The molecule has 24 heavy (non-hydrogen) atoms. The van der Waals surface area contributed by atoms with Crippen LogP contribution < -0.4 is 4.90 Å². The Morgan fingerprint density at radius 2 is 1.79 bits per heavy atom. The molecule has 0 aromatic heterocycles. The highest BCUT2D eigenvalue weighted by atomic mass is 32.2. The first-order chi connectivity index (χ1) is 11.4. The van der Waals surface area contributed by atoms with Crippen molar-refractivity contribution < 1.29 is 22.3 Å². The first-order valence-corrected chi connectivity index (χ1v) is 9.04. The maximum Gasteiger partial charge on any atom is 0.341 e. The summed E-state index contributed by atoms with van der Waals surface area (Å²) in [6.07, 6.45) is 0.741. The molecule has 0 aliphatic carbocycles. The number of benzene rings is 2. The molecule has 2 aromatic rings. The van der Waals surface area contributed by atoms with Gasteiger partial charge in [-0.1, -0.05) is 30.3 Å². The lowest BCUT2D eigenvalue weighted by Crippen LogP contribution is -2.34. The van der Waals surface area contributed by atoms with E-state index >= 15 is 0 Å². The monoisotopic (exact) mass is 353 g/mol. The highest BCUT2D eigenvalue weighted by molar-refractivity contribution is 7.91. The van der Waals surface area contributed by atoms with Gasteiger partial charge in [0.1, 0.15) is 0 Å². The van der Waals surface area contributed by atoms with Gasteiger partial charge in [0.25, 0.3) is 0 Å². The number of anilines is 1. The van der Waals surface area contributed by atoms with Gasteiger partial charge in [-0.25, -0.2) is 8.42 Å². The molecule has 2 aromatic carbocycles. The summed E-state index contributed by atoms with van der Waals surface area (Å²) in [6.45, 7) is 0.476. The molecule has 0 spiro atoms. The fourth-order valence-corrected chi connectivity index (χ4v) is 3.71. The van der Waals surface area contributed by atoms with Crippen molar-refractivity contribution in [2.45, 2.75) is 29.7 Å². The molecule has 0 fully saturated rings. The summed E-state index contributed by atoms with van der Waals surface area (Å²) in [5.74, 6) is -3.42. The number of hydrogen-bond donors (Lipinski definition) is 1. The largest absolute Gasteiger partial charge is 0.394 e. The molecule has 0 radical (unpaired) electrons. The summed E-state index contributed by atoms with van der Waals surface area (Å²) < 4.78 is 48.0. The van der Waals surface area contributed by atoms with Gasteiger partial charge in [-0.3, -0.25) is 0 Å². The van der Waals surface area contributed by atoms with E-state index in [1.807, 2.05) is 29.2 Å². The zero-order valence-electron chi connectivity index (χ0n) is 12.8. The van der Waals surface area contributed by atoms with Gasteiger partial charge in [0, 0.05) is 12.2 Å².